The maximum Gasteiger partial charge on any atom is 0.00958 e. The van der Waals surface area contributed by atoms with Crippen LogP contribution in [-0.4, -0.2) is 48.6 Å². The van der Waals surface area contributed by atoms with Gasteiger partial charge in [-0.15, -0.1) is 0 Å². The van der Waals surface area contributed by atoms with E-state index in [0.29, 0.717) is 0 Å². The van der Waals surface area contributed by atoms with Gasteiger partial charge in [-0.1, -0.05) is 26.7 Å². The maximum atomic E-state index is 2.80. The van der Waals surface area contributed by atoms with Crippen molar-refractivity contribution in [3.8, 4) is 0 Å². The predicted octanol–water partition coefficient (Wildman–Crippen LogP) is 3.37. The zero-order chi connectivity index (χ0) is 13.0. The fourth-order valence-corrected chi connectivity index (χ4v) is 4.13. The molecule has 2 fully saturated rings. The van der Waals surface area contributed by atoms with Crippen LogP contribution in [0.3, 0.4) is 0 Å². The topological polar surface area (TPSA) is 6.48 Å². The summed E-state index contributed by atoms with van der Waals surface area (Å²) in [5.74, 6) is 0.934. The summed E-state index contributed by atoms with van der Waals surface area (Å²) in [6.45, 7) is 8.72. The van der Waals surface area contributed by atoms with Gasteiger partial charge in [0.05, 0.1) is 0 Å². The van der Waals surface area contributed by atoms with E-state index in [9.17, 15) is 0 Å². The average Bonchev–Trinajstić information content (AvgIpc) is 2.89. The SMILES string of the molecule is CCCC1CC(CN2CCCC2CCC)CN1C. The zero-order valence-corrected chi connectivity index (χ0v) is 12.7. The van der Waals surface area contributed by atoms with Crippen molar-refractivity contribution < 1.29 is 0 Å². The molecular formula is C16H32N2. The van der Waals surface area contributed by atoms with Crippen molar-refractivity contribution in [2.75, 3.05) is 26.7 Å². The van der Waals surface area contributed by atoms with Crippen LogP contribution in [0.25, 0.3) is 0 Å². The molecule has 18 heavy (non-hydrogen) atoms. The molecule has 106 valence electrons. The Morgan fingerprint density at radius 2 is 1.78 bits per heavy atom. The first-order valence-electron chi connectivity index (χ1n) is 8.18. The highest BCUT2D eigenvalue weighted by molar-refractivity contribution is 4.87. The smallest absolute Gasteiger partial charge is 0.00958 e. The van der Waals surface area contributed by atoms with Gasteiger partial charge in [-0.25, -0.2) is 0 Å². The van der Waals surface area contributed by atoms with Gasteiger partial charge in [-0.2, -0.15) is 0 Å². The molecule has 2 saturated heterocycles. The third kappa shape index (κ3) is 3.48. The summed E-state index contributed by atoms with van der Waals surface area (Å²) in [6, 6.07) is 1.78. The molecule has 0 aliphatic carbocycles. The molecule has 2 rings (SSSR count). The van der Waals surface area contributed by atoms with E-state index in [4.69, 9.17) is 0 Å². The number of hydrogen-bond donors (Lipinski definition) is 0. The fourth-order valence-electron chi connectivity index (χ4n) is 4.13. The summed E-state index contributed by atoms with van der Waals surface area (Å²) in [4.78, 5) is 5.41. The third-order valence-corrected chi connectivity index (χ3v) is 5.01. The molecule has 0 saturated carbocycles. The number of hydrogen-bond acceptors (Lipinski definition) is 2. The summed E-state index contributed by atoms with van der Waals surface area (Å²) < 4.78 is 0. The highest BCUT2D eigenvalue weighted by Crippen LogP contribution is 2.29. The second kappa shape index (κ2) is 6.91. The van der Waals surface area contributed by atoms with Crippen molar-refractivity contribution >= 4 is 0 Å². The van der Waals surface area contributed by atoms with E-state index in [0.717, 1.165) is 18.0 Å². The molecule has 2 aliphatic rings. The largest absolute Gasteiger partial charge is 0.303 e. The van der Waals surface area contributed by atoms with Gasteiger partial charge in [-0.3, -0.25) is 0 Å². The Bertz CT molecular complexity index is 241. The first-order chi connectivity index (χ1) is 8.74. The monoisotopic (exact) mass is 252 g/mol. The standard InChI is InChI=1S/C16H32N2/c1-4-7-15-9-6-10-18(15)13-14-11-16(8-5-2)17(3)12-14/h14-16H,4-13H2,1-3H3. The molecule has 0 spiro atoms. The first kappa shape index (κ1) is 14.3. The van der Waals surface area contributed by atoms with Gasteiger partial charge < -0.3 is 9.80 Å². The van der Waals surface area contributed by atoms with Crippen LogP contribution < -0.4 is 0 Å². The molecule has 0 aromatic heterocycles. The van der Waals surface area contributed by atoms with Crippen LogP contribution in [0.15, 0.2) is 0 Å². The fraction of sp³-hybridized carbons (Fsp3) is 1.00. The van der Waals surface area contributed by atoms with Gasteiger partial charge in [0.1, 0.15) is 0 Å². The minimum Gasteiger partial charge on any atom is -0.303 e. The predicted molar refractivity (Wildman–Crippen MR) is 78.9 cm³/mol. The Kier molecular flexibility index (Phi) is 5.50. The Morgan fingerprint density at radius 3 is 2.50 bits per heavy atom. The summed E-state index contributed by atoms with van der Waals surface area (Å²) in [7, 11) is 2.33. The number of likely N-dealkylation sites (tertiary alicyclic amines) is 2. The van der Waals surface area contributed by atoms with Gasteiger partial charge in [0.2, 0.25) is 0 Å². The Balaban J connectivity index is 1.79. The summed E-state index contributed by atoms with van der Waals surface area (Å²) in [5, 5.41) is 0. The molecule has 2 heteroatoms. The van der Waals surface area contributed by atoms with E-state index in [1.165, 1.54) is 64.6 Å². The molecule has 2 nitrogen and oxygen atoms in total. The van der Waals surface area contributed by atoms with E-state index >= 15 is 0 Å². The van der Waals surface area contributed by atoms with E-state index in [-0.39, 0.29) is 0 Å². The molecule has 0 aromatic rings. The van der Waals surface area contributed by atoms with Crippen molar-refractivity contribution in [3.05, 3.63) is 0 Å². The second-order valence-electron chi connectivity index (χ2n) is 6.56. The average molecular weight is 252 g/mol. The lowest BCUT2D eigenvalue weighted by molar-refractivity contribution is 0.205. The lowest BCUT2D eigenvalue weighted by Crippen LogP contribution is -2.34. The van der Waals surface area contributed by atoms with Crippen LogP contribution in [0.2, 0.25) is 0 Å². The molecule has 2 aliphatic heterocycles. The lowest BCUT2D eigenvalue weighted by Gasteiger charge is -2.27. The van der Waals surface area contributed by atoms with Crippen LogP contribution in [0.4, 0.5) is 0 Å². The van der Waals surface area contributed by atoms with Gasteiger partial charge in [-0.05, 0) is 51.6 Å². The van der Waals surface area contributed by atoms with Gasteiger partial charge in [0, 0.05) is 25.2 Å². The minimum atomic E-state index is 0.868. The van der Waals surface area contributed by atoms with Crippen molar-refractivity contribution in [2.24, 2.45) is 5.92 Å². The van der Waals surface area contributed by atoms with Crippen molar-refractivity contribution in [3.63, 3.8) is 0 Å². The van der Waals surface area contributed by atoms with E-state index in [2.05, 4.69) is 30.7 Å². The summed E-state index contributed by atoms with van der Waals surface area (Å²) >= 11 is 0. The summed E-state index contributed by atoms with van der Waals surface area (Å²) in [5.41, 5.74) is 0. The van der Waals surface area contributed by atoms with Crippen LogP contribution >= 0.6 is 0 Å². The van der Waals surface area contributed by atoms with Crippen molar-refractivity contribution in [1.29, 1.82) is 0 Å². The van der Waals surface area contributed by atoms with Crippen LogP contribution in [0, 0.1) is 5.92 Å². The van der Waals surface area contributed by atoms with Crippen LogP contribution in [-0.2, 0) is 0 Å². The molecule has 0 aromatic carbocycles. The quantitative estimate of drug-likeness (QED) is 0.715. The molecule has 3 unspecified atom stereocenters. The Labute approximate surface area is 114 Å². The van der Waals surface area contributed by atoms with Crippen molar-refractivity contribution in [1.82, 2.24) is 9.80 Å². The lowest BCUT2D eigenvalue weighted by atomic mass is 10.0. The van der Waals surface area contributed by atoms with Gasteiger partial charge in [0.15, 0.2) is 0 Å². The van der Waals surface area contributed by atoms with E-state index in [1.807, 2.05) is 0 Å². The number of rotatable bonds is 6. The van der Waals surface area contributed by atoms with Gasteiger partial charge in [0.25, 0.3) is 0 Å². The minimum absolute atomic E-state index is 0.868. The maximum absolute atomic E-state index is 2.80. The van der Waals surface area contributed by atoms with Crippen molar-refractivity contribution in [2.45, 2.75) is 70.9 Å². The summed E-state index contributed by atoms with van der Waals surface area (Å²) in [6.07, 6.45) is 9.83. The highest BCUT2D eigenvalue weighted by atomic mass is 15.2. The normalized spacial score (nSPS) is 34.5. The molecule has 2 heterocycles. The second-order valence-corrected chi connectivity index (χ2v) is 6.56. The Morgan fingerprint density at radius 1 is 1.06 bits per heavy atom. The molecule has 0 N–H and O–H groups in total. The molecule has 0 bridgehead atoms. The zero-order valence-electron chi connectivity index (χ0n) is 12.7. The number of nitrogens with zero attached hydrogens (tertiary/aromatic N) is 2. The first-order valence-corrected chi connectivity index (χ1v) is 8.18. The van der Waals surface area contributed by atoms with E-state index in [1.54, 1.807) is 0 Å². The molecule has 3 atom stereocenters. The molecule has 0 radical (unpaired) electrons. The highest BCUT2D eigenvalue weighted by Gasteiger charge is 2.32. The van der Waals surface area contributed by atoms with Crippen LogP contribution in [0.5, 0.6) is 0 Å². The van der Waals surface area contributed by atoms with Gasteiger partial charge >= 0.3 is 0 Å². The van der Waals surface area contributed by atoms with E-state index < -0.39 is 0 Å². The molecular weight excluding hydrogens is 220 g/mol. The Hall–Kier alpha value is -0.0800. The molecule has 0 amide bonds. The van der Waals surface area contributed by atoms with Crippen LogP contribution in [0.1, 0.15) is 58.8 Å². The third-order valence-electron chi connectivity index (χ3n) is 5.01.